The lowest BCUT2D eigenvalue weighted by atomic mass is 10.2. The van der Waals surface area contributed by atoms with E-state index >= 15 is 0 Å². The zero-order valence-electron chi connectivity index (χ0n) is 13.4. The summed E-state index contributed by atoms with van der Waals surface area (Å²) in [5.74, 6) is 1.97. The lowest BCUT2D eigenvalue weighted by Crippen LogP contribution is -2.38. The maximum Gasteiger partial charge on any atom is 0.118 e. The van der Waals surface area contributed by atoms with Crippen molar-refractivity contribution in [1.29, 1.82) is 0 Å². The zero-order chi connectivity index (χ0) is 15.0. The molecule has 0 aliphatic rings. The molecule has 5 heteroatoms. The lowest BCUT2D eigenvalue weighted by molar-refractivity contribution is 0.0702. The fourth-order valence-electron chi connectivity index (χ4n) is 2.24. The van der Waals surface area contributed by atoms with Crippen LogP contribution in [0.25, 0.3) is 0 Å². The predicted octanol–water partition coefficient (Wildman–Crippen LogP) is 1.79. The smallest absolute Gasteiger partial charge is 0.118 e. The molecule has 0 bridgehead atoms. The predicted molar refractivity (Wildman–Crippen MR) is 79.8 cm³/mol. The van der Waals surface area contributed by atoms with Gasteiger partial charge in [0.1, 0.15) is 11.5 Å². The molecule has 1 aromatic heterocycles. The monoisotopic (exact) mass is 284 g/mol. The summed E-state index contributed by atoms with van der Waals surface area (Å²) in [5.41, 5.74) is 1.23. The summed E-state index contributed by atoms with van der Waals surface area (Å²) in [5, 5.41) is 3.11. The molecule has 0 amide bonds. The molecule has 0 aromatic carbocycles. The topological polar surface area (TPSA) is 46.9 Å². The summed E-state index contributed by atoms with van der Waals surface area (Å²) in [6, 6.07) is 2.47. The normalized spacial score (nSPS) is 13.1. The van der Waals surface area contributed by atoms with Crippen LogP contribution in [0.15, 0.2) is 10.5 Å². The van der Waals surface area contributed by atoms with Crippen molar-refractivity contribution < 1.29 is 13.9 Å². The molecule has 0 fully saturated rings. The molecule has 0 aliphatic heterocycles. The van der Waals surface area contributed by atoms with Gasteiger partial charge in [-0.15, -0.1) is 0 Å². The van der Waals surface area contributed by atoms with Crippen LogP contribution < -0.4 is 5.32 Å². The SMILES string of the molecule is CNCc1cc(CN(CCOC)C(C)COC)c(C)o1. The van der Waals surface area contributed by atoms with E-state index < -0.39 is 0 Å². The van der Waals surface area contributed by atoms with E-state index in [1.165, 1.54) is 5.56 Å². The van der Waals surface area contributed by atoms with Crippen molar-refractivity contribution in [3.63, 3.8) is 0 Å². The van der Waals surface area contributed by atoms with E-state index in [4.69, 9.17) is 13.9 Å². The first kappa shape index (κ1) is 17.2. The number of nitrogens with one attached hydrogen (secondary N) is 1. The number of ether oxygens (including phenoxy) is 2. The summed E-state index contributed by atoms with van der Waals surface area (Å²) in [6.07, 6.45) is 0. The van der Waals surface area contributed by atoms with Crippen molar-refractivity contribution in [2.75, 3.05) is 41.0 Å². The van der Waals surface area contributed by atoms with Crippen LogP contribution in [0, 0.1) is 6.92 Å². The highest BCUT2D eigenvalue weighted by atomic mass is 16.5. The van der Waals surface area contributed by atoms with Crippen molar-refractivity contribution in [2.24, 2.45) is 0 Å². The van der Waals surface area contributed by atoms with E-state index in [9.17, 15) is 0 Å². The van der Waals surface area contributed by atoms with Crippen molar-refractivity contribution in [1.82, 2.24) is 10.2 Å². The molecule has 0 spiro atoms. The maximum atomic E-state index is 5.75. The molecule has 1 heterocycles. The van der Waals surface area contributed by atoms with Crippen LogP contribution in [0.5, 0.6) is 0 Å². The number of rotatable bonds is 10. The van der Waals surface area contributed by atoms with Crippen LogP contribution in [0.1, 0.15) is 24.0 Å². The van der Waals surface area contributed by atoms with E-state index in [1.807, 2.05) is 14.0 Å². The highest BCUT2D eigenvalue weighted by molar-refractivity contribution is 5.20. The number of methoxy groups -OCH3 is 2. The van der Waals surface area contributed by atoms with Gasteiger partial charge in [0.25, 0.3) is 0 Å². The lowest BCUT2D eigenvalue weighted by Gasteiger charge is -2.28. The second-order valence-corrected chi connectivity index (χ2v) is 5.09. The van der Waals surface area contributed by atoms with Gasteiger partial charge >= 0.3 is 0 Å². The molecule has 116 valence electrons. The number of furan rings is 1. The van der Waals surface area contributed by atoms with Gasteiger partial charge in [-0.25, -0.2) is 0 Å². The molecule has 0 saturated heterocycles. The molecule has 0 aliphatic carbocycles. The van der Waals surface area contributed by atoms with Crippen LogP contribution in [-0.4, -0.2) is 52.0 Å². The average molecular weight is 284 g/mol. The summed E-state index contributed by atoms with van der Waals surface area (Å²) < 4.78 is 16.2. The Bertz CT molecular complexity index is 379. The molecule has 5 nitrogen and oxygen atoms in total. The highest BCUT2D eigenvalue weighted by Gasteiger charge is 2.17. The molecule has 0 saturated carbocycles. The Balaban J connectivity index is 2.71. The van der Waals surface area contributed by atoms with Gasteiger partial charge in [0.2, 0.25) is 0 Å². The second kappa shape index (κ2) is 9.13. The van der Waals surface area contributed by atoms with Crippen LogP contribution in [0.3, 0.4) is 0 Å². The molecule has 20 heavy (non-hydrogen) atoms. The number of nitrogens with zero attached hydrogens (tertiary/aromatic N) is 1. The van der Waals surface area contributed by atoms with Gasteiger partial charge in [0.05, 0.1) is 19.8 Å². The Kier molecular flexibility index (Phi) is 7.84. The minimum atomic E-state index is 0.345. The Hall–Kier alpha value is -0.880. The van der Waals surface area contributed by atoms with Gasteiger partial charge in [-0.05, 0) is 27.0 Å². The molecule has 1 N–H and O–H groups in total. The van der Waals surface area contributed by atoms with Gasteiger partial charge in [-0.2, -0.15) is 0 Å². The Morgan fingerprint density at radius 2 is 2.10 bits per heavy atom. The first-order valence-corrected chi connectivity index (χ1v) is 7.07. The third-order valence-corrected chi connectivity index (χ3v) is 3.41. The molecule has 1 rings (SSSR count). The van der Waals surface area contributed by atoms with Crippen molar-refractivity contribution in [3.8, 4) is 0 Å². The number of hydrogen-bond acceptors (Lipinski definition) is 5. The number of hydrogen-bond donors (Lipinski definition) is 1. The highest BCUT2D eigenvalue weighted by Crippen LogP contribution is 2.18. The fraction of sp³-hybridized carbons (Fsp3) is 0.733. The van der Waals surface area contributed by atoms with Crippen LogP contribution in [-0.2, 0) is 22.6 Å². The molecule has 1 atom stereocenters. The summed E-state index contributed by atoms with van der Waals surface area (Å²) >= 11 is 0. The zero-order valence-corrected chi connectivity index (χ0v) is 13.4. The van der Waals surface area contributed by atoms with Crippen molar-refractivity contribution >= 4 is 0 Å². The standard InChI is InChI=1S/C15H28N2O3/c1-12(11-19-5)17(6-7-18-4)10-14-8-15(9-16-3)20-13(14)2/h8,12,16H,6-7,9-11H2,1-5H3. The Labute approximate surface area is 122 Å². The third kappa shape index (κ3) is 5.25. The van der Waals surface area contributed by atoms with E-state index in [0.717, 1.165) is 31.2 Å². The van der Waals surface area contributed by atoms with E-state index in [2.05, 4.69) is 23.2 Å². The van der Waals surface area contributed by atoms with Gasteiger partial charge < -0.3 is 19.2 Å². The van der Waals surface area contributed by atoms with Crippen molar-refractivity contribution in [3.05, 3.63) is 23.2 Å². The molecule has 1 aromatic rings. The van der Waals surface area contributed by atoms with Crippen LogP contribution in [0.2, 0.25) is 0 Å². The second-order valence-electron chi connectivity index (χ2n) is 5.09. The molecular formula is C15H28N2O3. The quantitative estimate of drug-likeness (QED) is 0.710. The van der Waals surface area contributed by atoms with E-state index in [1.54, 1.807) is 14.2 Å². The summed E-state index contributed by atoms with van der Waals surface area (Å²) in [6.45, 7) is 8.11. The van der Waals surface area contributed by atoms with Gasteiger partial charge in [-0.1, -0.05) is 0 Å². The first-order valence-electron chi connectivity index (χ1n) is 7.07. The summed E-state index contributed by atoms with van der Waals surface area (Å²) in [4.78, 5) is 2.36. The van der Waals surface area contributed by atoms with Crippen LogP contribution >= 0.6 is 0 Å². The maximum absolute atomic E-state index is 5.75. The van der Waals surface area contributed by atoms with Crippen molar-refractivity contribution in [2.45, 2.75) is 33.0 Å². The van der Waals surface area contributed by atoms with Crippen LogP contribution in [0.4, 0.5) is 0 Å². The molecule has 0 radical (unpaired) electrons. The fourth-order valence-corrected chi connectivity index (χ4v) is 2.24. The first-order chi connectivity index (χ1) is 9.62. The Morgan fingerprint density at radius 3 is 2.70 bits per heavy atom. The molecule has 1 unspecified atom stereocenters. The number of aryl methyl sites for hydroxylation is 1. The minimum absolute atomic E-state index is 0.345. The van der Waals surface area contributed by atoms with Gasteiger partial charge in [-0.3, -0.25) is 4.90 Å². The minimum Gasteiger partial charge on any atom is -0.465 e. The van der Waals surface area contributed by atoms with E-state index in [-0.39, 0.29) is 0 Å². The van der Waals surface area contributed by atoms with E-state index in [0.29, 0.717) is 19.3 Å². The average Bonchev–Trinajstić information content (AvgIpc) is 2.75. The Morgan fingerprint density at radius 1 is 1.35 bits per heavy atom. The third-order valence-electron chi connectivity index (χ3n) is 3.41. The molecular weight excluding hydrogens is 256 g/mol. The largest absolute Gasteiger partial charge is 0.465 e. The van der Waals surface area contributed by atoms with Gasteiger partial charge in [0, 0.05) is 38.9 Å². The summed E-state index contributed by atoms with van der Waals surface area (Å²) in [7, 11) is 5.38. The van der Waals surface area contributed by atoms with Gasteiger partial charge in [0.15, 0.2) is 0 Å².